The number of hydrogen-bond donors (Lipinski definition) is 3. The topological polar surface area (TPSA) is 101 Å². The van der Waals surface area contributed by atoms with Crippen LogP contribution in [0.25, 0.3) is 28.3 Å². The zero-order valence-corrected chi connectivity index (χ0v) is 24.4. The standard InChI is InChI=1S/C34H33F3N2O5/c1-20(2)39-29(17-16-27(40)18-28(41)19-30(42)44-3)31(21-4-8-23(35)9-5-21)32(22-6-10-24(36)11-7-22)33(39)34(43)38-26-14-12-25(37)13-15-26/h4-17,20,27-28,40-41H,18-19H2,1-3H3,(H,38,43)/b17-16+/t27-,28-/m1/s1. The monoisotopic (exact) mass is 606 g/mol. The molecule has 0 aliphatic rings. The summed E-state index contributed by atoms with van der Waals surface area (Å²) < 4.78 is 48.0. The van der Waals surface area contributed by atoms with Crippen molar-refractivity contribution in [2.75, 3.05) is 12.4 Å². The van der Waals surface area contributed by atoms with E-state index in [4.69, 9.17) is 0 Å². The van der Waals surface area contributed by atoms with Crippen molar-refractivity contribution in [1.82, 2.24) is 4.57 Å². The highest BCUT2D eigenvalue weighted by Crippen LogP contribution is 2.43. The summed E-state index contributed by atoms with van der Waals surface area (Å²) in [4.78, 5) is 25.6. The van der Waals surface area contributed by atoms with Crippen molar-refractivity contribution in [3.8, 4) is 22.3 Å². The highest BCUT2D eigenvalue weighted by atomic mass is 19.1. The van der Waals surface area contributed by atoms with Crippen molar-refractivity contribution in [1.29, 1.82) is 0 Å². The highest BCUT2D eigenvalue weighted by molar-refractivity contribution is 6.11. The number of rotatable bonds is 11. The number of halogens is 3. The number of amides is 1. The number of ether oxygens (including phenoxy) is 1. The van der Waals surface area contributed by atoms with Crippen molar-refractivity contribution >= 4 is 23.6 Å². The molecule has 0 fully saturated rings. The van der Waals surface area contributed by atoms with Gasteiger partial charge < -0.3 is 24.8 Å². The molecule has 0 spiro atoms. The fourth-order valence-corrected chi connectivity index (χ4v) is 4.98. The number of esters is 1. The summed E-state index contributed by atoms with van der Waals surface area (Å²) in [7, 11) is 1.20. The molecular weight excluding hydrogens is 573 g/mol. The molecule has 3 aromatic carbocycles. The van der Waals surface area contributed by atoms with Crippen LogP contribution in [0.2, 0.25) is 0 Å². The number of aliphatic hydroxyl groups is 2. The van der Waals surface area contributed by atoms with Gasteiger partial charge in [0.2, 0.25) is 0 Å². The van der Waals surface area contributed by atoms with Crippen LogP contribution in [-0.2, 0) is 9.53 Å². The molecule has 0 unspecified atom stereocenters. The maximum absolute atomic E-state index is 14.0. The lowest BCUT2D eigenvalue weighted by atomic mass is 9.94. The van der Waals surface area contributed by atoms with Crippen LogP contribution in [0.5, 0.6) is 0 Å². The molecule has 0 radical (unpaired) electrons. The summed E-state index contributed by atoms with van der Waals surface area (Å²) in [6.07, 6.45) is 0.211. The van der Waals surface area contributed by atoms with Crippen LogP contribution in [0.15, 0.2) is 78.9 Å². The summed E-state index contributed by atoms with van der Waals surface area (Å²) in [5, 5.41) is 23.8. The van der Waals surface area contributed by atoms with Crippen LogP contribution in [-0.4, -0.2) is 46.0 Å². The Morgan fingerprint density at radius 3 is 1.84 bits per heavy atom. The van der Waals surface area contributed by atoms with Gasteiger partial charge in [0, 0.05) is 35.0 Å². The van der Waals surface area contributed by atoms with E-state index in [0.29, 0.717) is 33.6 Å². The van der Waals surface area contributed by atoms with Crippen molar-refractivity contribution in [2.24, 2.45) is 0 Å². The van der Waals surface area contributed by atoms with E-state index in [1.807, 2.05) is 13.8 Å². The Balaban J connectivity index is 1.94. The molecule has 0 aliphatic carbocycles. The van der Waals surface area contributed by atoms with Gasteiger partial charge in [0.05, 0.1) is 25.7 Å². The Morgan fingerprint density at radius 2 is 1.34 bits per heavy atom. The zero-order valence-electron chi connectivity index (χ0n) is 24.4. The van der Waals surface area contributed by atoms with Gasteiger partial charge in [-0.05, 0) is 79.6 Å². The second-order valence-electron chi connectivity index (χ2n) is 10.5. The van der Waals surface area contributed by atoms with Crippen molar-refractivity contribution in [3.63, 3.8) is 0 Å². The molecule has 7 nitrogen and oxygen atoms in total. The third-order valence-corrected chi connectivity index (χ3v) is 6.96. The fourth-order valence-electron chi connectivity index (χ4n) is 4.98. The Kier molecular flexibility index (Phi) is 10.4. The van der Waals surface area contributed by atoms with Gasteiger partial charge in [0.15, 0.2) is 0 Å². The smallest absolute Gasteiger partial charge is 0.308 e. The van der Waals surface area contributed by atoms with Crippen LogP contribution < -0.4 is 5.32 Å². The quantitative estimate of drug-likeness (QED) is 0.164. The average molecular weight is 607 g/mol. The van der Waals surface area contributed by atoms with E-state index >= 15 is 0 Å². The number of aromatic nitrogens is 1. The second kappa shape index (κ2) is 14.2. The first-order valence-corrected chi connectivity index (χ1v) is 14.0. The van der Waals surface area contributed by atoms with E-state index in [0.717, 1.165) is 0 Å². The largest absolute Gasteiger partial charge is 0.469 e. The number of benzene rings is 3. The predicted molar refractivity (Wildman–Crippen MR) is 162 cm³/mol. The summed E-state index contributed by atoms with van der Waals surface area (Å²) >= 11 is 0. The number of anilines is 1. The van der Waals surface area contributed by atoms with E-state index < -0.39 is 41.5 Å². The summed E-state index contributed by atoms with van der Waals surface area (Å²) in [6.45, 7) is 3.71. The second-order valence-corrected chi connectivity index (χ2v) is 10.5. The first-order chi connectivity index (χ1) is 21.0. The van der Waals surface area contributed by atoms with Crippen LogP contribution in [0, 0.1) is 17.5 Å². The Labute approximate surface area is 253 Å². The Bertz CT molecular complexity index is 1630. The Hall–Kier alpha value is -4.67. The maximum atomic E-state index is 14.0. The van der Waals surface area contributed by atoms with Crippen molar-refractivity contribution < 1.29 is 37.7 Å². The molecular formula is C34H33F3N2O5. The molecule has 44 heavy (non-hydrogen) atoms. The molecule has 4 aromatic rings. The third kappa shape index (κ3) is 7.64. The molecule has 4 rings (SSSR count). The first-order valence-electron chi connectivity index (χ1n) is 14.0. The van der Waals surface area contributed by atoms with E-state index in [9.17, 15) is 33.0 Å². The van der Waals surface area contributed by atoms with Gasteiger partial charge >= 0.3 is 5.97 Å². The highest BCUT2D eigenvalue weighted by Gasteiger charge is 2.29. The molecule has 0 saturated carbocycles. The normalized spacial score (nSPS) is 12.8. The average Bonchev–Trinajstić information content (AvgIpc) is 3.33. The SMILES string of the molecule is COC(=O)C[C@H](O)C[C@H](O)/C=C/c1c(-c2ccc(F)cc2)c(-c2ccc(F)cc2)c(C(=O)Nc2ccc(F)cc2)n1C(C)C. The van der Waals surface area contributed by atoms with Gasteiger partial charge in [-0.2, -0.15) is 0 Å². The number of hydrogen-bond acceptors (Lipinski definition) is 5. The van der Waals surface area contributed by atoms with Gasteiger partial charge in [0.25, 0.3) is 5.91 Å². The van der Waals surface area contributed by atoms with E-state index in [-0.39, 0.29) is 24.6 Å². The lowest BCUT2D eigenvalue weighted by Gasteiger charge is -2.17. The molecule has 1 aromatic heterocycles. The number of carbonyl (C=O) groups is 2. The van der Waals surface area contributed by atoms with Crippen molar-refractivity contribution in [2.45, 2.75) is 44.9 Å². The summed E-state index contributed by atoms with van der Waals surface area (Å²) in [5.74, 6) is -2.58. The minimum absolute atomic E-state index is 0.164. The molecule has 0 aliphatic heterocycles. The number of methoxy groups -OCH3 is 1. The van der Waals surface area contributed by atoms with Gasteiger partial charge in [-0.25, -0.2) is 13.2 Å². The van der Waals surface area contributed by atoms with Gasteiger partial charge in [-0.15, -0.1) is 0 Å². The molecule has 1 amide bonds. The van der Waals surface area contributed by atoms with Crippen LogP contribution in [0.4, 0.5) is 18.9 Å². The lowest BCUT2D eigenvalue weighted by Crippen LogP contribution is -2.20. The van der Waals surface area contributed by atoms with Crippen LogP contribution in [0.3, 0.4) is 0 Å². The molecule has 230 valence electrons. The summed E-state index contributed by atoms with van der Waals surface area (Å²) in [6, 6.07) is 16.2. The van der Waals surface area contributed by atoms with Gasteiger partial charge in [-0.1, -0.05) is 30.3 Å². The van der Waals surface area contributed by atoms with E-state index in [1.165, 1.54) is 73.8 Å². The third-order valence-electron chi connectivity index (χ3n) is 6.96. The summed E-state index contributed by atoms with van der Waals surface area (Å²) in [5.41, 5.74) is 2.97. The fraction of sp³-hybridized carbons (Fsp3) is 0.235. The predicted octanol–water partition coefficient (Wildman–Crippen LogP) is 6.76. The minimum Gasteiger partial charge on any atom is -0.469 e. The lowest BCUT2D eigenvalue weighted by molar-refractivity contribution is -0.143. The van der Waals surface area contributed by atoms with Crippen LogP contribution >= 0.6 is 0 Å². The molecule has 3 N–H and O–H groups in total. The zero-order chi connectivity index (χ0) is 32.0. The molecule has 10 heteroatoms. The number of carbonyl (C=O) groups excluding carboxylic acids is 2. The number of nitrogens with zero attached hydrogens (tertiary/aromatic N) is 1. The van der Waals surface area contributed by atoms with Crippen LogP contribution in [0.1, 0.15) is 48.9 Å². The molecule has 0 bridgehead atoms. The number of nitrogens with one attached hydrogen (secondary N) is 1. The van der Waals surface area contributed by atoms with E-state index in [1.54, 1.807) is 22.8 Å². The molecule has 0 saturated heterocycles. The van der Waals surface area contributed by atoms with Gasteiger partial charge in [-0.3, -0.25) is 9.59 Å². The first kappa shape index (κ1) is 32.2. The molecule has 2 atom stereocenters. The maximum Gasteiger partial charge on any atom is 0.308 e. The van der Waals surface area contributed by atoms with Gasteiger partial charge in [0.1, 0.15) is 23.1 Å². The van der Waals surface area contributed by atoms with Crippen molar-refractivity contribution in [3.05, 3.63) is 108 Å². The molecule has 1 heterocycles. The Morgan fingerprint density at radius 1 is 0.841 bits per heavy atom. The van der Waals surface area contributed by atoms with E-state index in [2.05, 4.69) is 10.1 Å². The number of aliphatic hydroxyl groups excluding tert-OH is 2. The minimum atomic E-state index is -1.18.